The molecule has 2 nitrogen and oxygen atoms in total. The van der Waals surface area contributed by atoms with Crippen molar-refractivity contribution < 1.29 is 0 Å². The smallest absolute Gasteiger partial charge is 0.0868 e. The highest BCUT2D eigenvalue weighted by atomic mass is 79.9. The summed E-state index contributed by atoms with van der Waals surface area (Å²) in [5.41, 5.74) is 5.16. The number of halogens is 1. The maximum atomic E-state index is 4.93. The van der Waals surface area contributed by atoms with Gasteiger partial charge in [0.25, 0.3) is 0 Å². The summed E-state index contributed by atoms with van der Waals surface area (Å²) in [7, 11) is 0. The second kappa shape index (κ2) is 5.49. The Hall–Kier alpha value is -1.09. The van der Waals surface area contributed by atoms with Crippen LogP contribution < -0.4 is 5.32 Å². The van der Waals surface area contributed by atoms with E-state index in [1.165, 1.54) is 41.6 Å². The van der Waals surface area contributed by atoms with E-state index in [2.05, 4.69) is 46.4 Å². The molecule has 2 aromatic rings. The Labute approximate surface area is 122 Å². The number of hydrogen-bond acceptors (Lipinski definition) is 2. The number of nitrogens with zero attached hydrogens (tertiary/aromatic N) is 1. The van der Waals surface area contributed by atoms with Gasteiger partial charge in [0, 0.05) is 27.8 Å². The Balaban J connectivity index is 2.30. The molecule has 1 N–H and O–H groups in total. The molecule has 0 bridgehead atoms. The van der Waals surface area contributed by atoms with E-state index < -0.39 is 0 Å². The minimum absolute atomic E-state index is 0.956. The van der Waals surface area contributed by atoms with Crippen LogP contribution in [-0.2, 0) is 12.8 Å². The summed E-state index contributed by atoms with van der Waals surface area (Å²) in [5, 5.41) is 4.82. The van der Waals surface area contributed by atoms with Crippen molar-refractivity contribution in [1.29, 1.82) is 0 Å². The van der Waals surface area contributed by atoms with Gasteiger partial charge in [-0.1, -0.05) is 18.6 Å². The summed E-state index contributed by atoms with van der Waals surface area (Å²) >= 11 is 3.64. The number of benzene rings is 1. The van der Waals surface area contributed by atoms with Gasteiger partial charge in [-0.2, -0.15) is 0 Å². The van der Waals surface area contributed by atoms with Crippen LogP contribution in [0.3, 0.4) is 0 Å². The fourth-order valence-corrected chi connectivity index (χ4v) is 3.42. The molecule has 0 spiro atoms. The Morgan fingerprint density at radius 1 is 1.21 bits per heavy atom. The van der Waals surface area contributed by atoms with E-state index in [0.717, 1.165) is 29.4 Å². The third-order valence-electron chi connectivity index (χ3n) is 3.85. The van der Waals surface area contributed by atoms with Gasteiger partial charge in [0.15, 0.2) is 0 Å². The first kappa shape index (κ1) is 12.9. The number of nitrogens with one attached hydrogen (secondary N) is 1. The number of aryl methyl sites for hydroxylation is 1. The standard InChI is InChI=1S/C16H19BrN2/c1-2-18-15-11-7-4-3-5-10-14(11)19-16-12(15)8-6-9-13(16)17/h6,8-9H,2-5,7,10H2,1H3,(H,18,19). The number of aromatic nitrogens is 1. The molecule has 0 saturated heterocycles. The van der Waals surface area contributed by atoms with Crippen molar-refractivity contribution in [2.24, 2.45) is 0 Å². The van der Waals surface area contributed by atoms with Crippen molar-refractivity contribution >= 4 is 32.5 Å². The van der Waals surface area contributed by atoms with Gasteiger partial charge in [-0.15, -0.1) is 0 Å². The predicted octanol–water partition coefficient (Wildman–Crippen LogP) is 4.70. The molecule has 1 heterocycles. The topological polar surface area (TPSA) is 24.9 Å². The fraction of sp³-hybridized carbons (Fsp3) is 0.438. The number of fused-ring (bicyclic) bond motifs is 2. The molecule has 1 aliphatic carbocycles. The average molecular weight is 319 g/mol. The van der Waals surface area contributed by atoms with Crippen molar-refractivity contribution in [2.75, 3.05) is 11.9 Å². The summed E-state index contributed by atoms with van der Waals surface area (Å²) in [5.74, 6) is 0. The molecule has 0 radical (unpaired) electrons. The number of hydrogen-bond donors (Lipinski definition) is 1. The molecule has 0 aliphatic heterocycles. The van der Waals surface area contributed by atoms with Crippen LogP contribution in [0.25, 0.3) is 10.9 Å². The van der Waals surface area contributed by atoms with Gasteiger partial charge >= 0.3 is 0 Å². The first-order valence-electron chi connectivity index (χ1n) is 7.15. The van der Waals surface area contributed by atoms with Gasteiger partial charge in [-0.25, -0.2) is 0 Å². The molecular formula is C16H19BrN2. The van der Waals surface area contributed by atoms with Gasteiger partial charge in [0.05, 0.1) is 5.52 Å². The van der Waals surface area contributed by atoms with E-state index in [9.17, 15) is 0 Å². The van der Waals surface area contributed by atoms with Crippen LogP contribution >= 0.6 is 15.9 Å². The average Bonchev–Trinajstić information content (AvgIpc) is 2.65. The summed E-state index contributed by atoms with van der Waals surface area (Å²) < 4.78 is 1.09. The lowest BCUT2D eigenvalue weighted by Gasteiger charge is -2.17. The largest absolute Gasteiger partial charge is 0.384 e. The number of pyridine rings is 1. The zero-order valence-corrected chi connectivity index (χ0v) is 12.9. The molecule has 0 atom stereocenters. The monoisotopic (exact) mass is 318 g/mol. The van der Waals surface area contributed by atoms with E-state index in [4.69, 9.17) is 4.98 Å². The highest BCUT2D eigenvalue weighted by molar-refractivity contribution is 9.10. The molecule has 1 aromatic carbocycles. The molecule has 0 unspecified atom stereocenters. The maximum Gasteiger partial charge on any atom is 0.0868 e. The van der Waals surface area contributed by atoms with Crippen LogP contribution in [0.4, 0.5) is 5.69 Å². The summed E-state index contributed by atoms with van der Waals surface area (Å²) in [6, 6.07) is 6.35. The van der Waals surface area contributed by atoms with Crippen LogP contribution in [0.15, 0.2) is 22.7 Å². The summed E-state index contributed by atoms with van der Waals surface area (Å²) in [4.78, 5) is 4.93. The molecule has 1 aromatic heterocycles. The van der Waals surface area contributed by atoms with Gasteiger partial charge in [0.2, 0.25) is 0 Å². The van der Waals surface area contributed by atoms with Crippen LogP contribution in [-0.4, -0.2) is 11.5 Å². The van der Waals surface area contributed by atoms with Crippen molar-refractivity contribution in [2.45, 2.75) is 39.0 Å². The van der Waals surface area contributed by atoms with Crippen LogP contribution in [0.1, 0.15) is 37.4 Å². The second-order valence-corrected chi connectivity index (χ2v) is 5.99. The molecule has 0 saturated carbocycles. The third-order valence-corrected chi connectivity index (χ3v) is 4.49. The lowest BCUT2D eigenvalue weighted by Crippen LogP contribution is -2.06. The van der Waals surface area contributed by atoms with Crippen LogP contribution in [0.5, 0.6) is 0 Å². The van der Waals surface area contributed by atoms with E-state index in [1.807, 2.05) is 0 Å². The van der Waals surface area contributed by atoms with Crippen molar-refractivity contribution in [3.05, 3.63) is 33.9 Å². The van der Waals surface area contributed by atoms with Crippen molar-refractivity contribution in [1.82, 2.24) is 4.98 Å². The van der Waals surface area contributed by atoms with Gasteiger partial charge in [-0.05, 0) is 60.2 Å². The minimum atomic E-state index is 0.956. The van der Waals surface area contributed by atoms with Crippen molar-refractivity contribution in [3.63, 3.8) is 0 Å². The lowest BCUT2D eigenvalue weighted by atomic mass is 10.0. The molecular weight excluding hydrogens is 300 g/mol. The van der Waals surface area contributed by atoms with E-state index >= 15 is 0 Å². The van der Waals surface area contributed by atoms with Crippen LogP contribution in [0.2, 0.25) is 0 Å². The lowest BCUT2D eigenvalue weighted by molar-refractivity contribution is 0.709. The van der Waals surface area contributed by atoms with E-state index in [-0.39, 0.29) is 0 Å². The number of anilines is 1. The van der Waals surface area contributed by atoms with Crippen molar-refractivity contribution in [3.8, 4) is 0 Å². The SMILES string of the molecule is CCNc1c2c(nc3c(Br)cccc13)CCCCC2. The molecule has 3 heteroatoms. The molecule has 1 aliphatic rings. The van der Waals surface area contributed by atoms with Gasteiger partial charge in [0.1, 0.15) is 0 Å². The Morgan fingerprint density at radius 3 is 2.89 bits per heavy atom. The molecule has 0 fully saturated rings. The zero-order valence-electron chi connectivity index (χ0n) is 11.3. The van der Waals surface area contributed by atoms with E-state index in [1.54, 1.807) is 0 Å². The molecule has 3 rings (SSSR count). The van der Waals surface area contributed by atoms with Gasteiger partial charge < -0.3 is 5.32 Å². The quantitative estimate of drug-likeness (QED) is 0.812. The molecule has 100 valence electrons. The number of para-hydroxylation sites is 1. The zero-order chi connectivity index (χ0) is 13.2. The highest BCUT2D eigenvalue weighted by Gasteiger charge is 2.17. The fourth-order valence-electron chi connectivity index (χ4n) is 2.97. The summed E-state index contributed by atoms with van der Waals surface area (Å²) in [6.07, 6.45) is 6.14. The molecule has 19 heavy (non-hydrogen) atoms. The first-order valence-corrected chi connectivity index (χ1v) is 7.94. The second-order valence-electron chi connectivity index (χ2n) is 5.14. The third kappa shape index (κ3) is 2.36. The Kier molecular flexibility index (Phi) is 3.74. The normalized spacial score (nSPS) is 15.1. The Bertz CT molecular complexity index is 607. The van der Waals surface area contributed by atoms with E-state index in [0.29, 0.717) is 0 Å². The van der Waals surface area contributed by atoms with Crippen LogP contribution in [0, 0.1) is 0 Å². The minimum Gasteiger partial charge on any atom is -0.384 e. The number of rotatable bonds is 2. The Morgan fingerprint density at radius 2 is 2.05 bits per heavy atom. The summed E-state index contributed by atoms with van der Waals surface area (Å²) in [6.45, 7) is 3.12. The predicted molar refractivity (Wildman–Crippen MR) is 84.9 cm³/mol. The maximum absolute atomic E-state index is 4.93. The highest BCUT2D eigenvalue weighted by Crippen LogP contribution is 2.35. The molecule has 0 amide bonds. The first-order chi connectivity index (χ1) is 9.31. The van der Waals surface area contributed by atoms with Gasteiger partial charge in [-0.3, -0.25) is 4.98 Å².